The van der Waals surface area contributed by atoms with E-state index in [0.717, 1.165) is 0 Å². The molecule has 0 aliphatic rings. The zero-order valence-electron chi connectivity index (χ0n) is 10.9. The van der Waals surface area contributed by atoms with Crippen LogP contribution in [-0.4, -0.2) is 35.2 Å². The molecule has 0 atom stereocenters. The molecule has 0 spiro atoms. The molecule has 0 saturated heterocycles. The molecular weight excluding hydrogens is 280 g/mol. The van der Waals surface area contributed by atoms with Crippen molar-refractivity contribution in [1.82, 2.24) is 15.0 Å². The molecule has 20 heavy (non-hydrogen) atoms. The zero-order valence-corrected chi connectivity index (χ0v) is 11.7. The maximum atomic E-state index is 6.01. The van der Waals surface area contributed by atoms with E-state index in [1.165, 1.54) is 6.33 Å². The summed E-state index contributed by atoms with van der Waals surface area (Å²) in [5.41, 5.74) is 7.04. The number of aromatic nitrogens is 3. The minimum atomic E-state index is 0.347. The summed E-state index contributed by atoms with van der Waals surface area (Å²) in [6.45, 7) is 1.16. The van der Waals surface area contributed by atoms with E-state index in [4.69, 9.17) is 22.1 Å². The van der Waals surface area contributed by atoms with Crippen molar-refractivity contribution >= 4 is 34.6 Å². The van der Waals surface area contributed by atoms with Gasteiger partial charge in [0.15, 0.2) is 16.8 Å². The van der Waals surface area contributed by atoms with Crippen molar-refractivity contribution in [2.75, 3.05) is 36.6 Å². The Kier molecular flexibility index (Phi) is 4.91. The smallest absolute Gasteiger partial charge is 0.159 e. The number of methoxy groups -OCH3 is 1. The first-order chi connectivity index (χ1) is 9.72. The fraction of sp³-hybridized carbons (Fsp3) is 0.250. The second-order valence-electron chi connectivity index (χ2n) is 3.87. The van der Waals surface area contributed by atoms with Crippen LogP contribution in [0.15, 0.2) is 24.7 Å². The monoisotopic (exact) mass is 294 g/mol. The Hall–Kier alpha value is -2.12. The molecule has 0 bridgehead atoms. The Balaban J connectivity index is 2.16. The lowest BCUT2D eigenvalue weighted by Crippen LogP contribution is -2.12. The fourth-order valence-corrected chi connectivity index (χ4v) is 1.68. The van der Waals surface area contributed by atoms with Crippen molar-refractivity contribution in [2.24, 2.45) is 0 Å². The molecule has 8 heteroatoms. The first kappa shape index (κ1) is 14.3. The number of anilines is 4. The van der Waals surface area contributed by atoms with E-state index in [9.17, 15) is 0 Å². The average molecular weight is 295 g/mol. The highest BCUT2D eigenvalue weighted by Crippen LogP contribution is 2.28. The molecule has 2 heterocycles. The van der Waals surface area contributed by atoms with E-state index < -0.39 is 0 Å². The van der Waals surface area contributed by atoms with Gasteiger partial charge in [0.1, 0.15) is 12.0 Å². The van der Waals surface area contributed by atoms with Crippen LogP contribution in [0.5, 0.6) is 0 Å². The van der Waals surface area contributed by atoms with Gasteiger partial charge in [0.2, 0.25) is 0 Å². The van der Waals surface area contributed by atoms with E-state index >= 15 is 0 Å². The molecule has 0 fully saturated rings. The number of nitrogens with zero attached hydrogens (tertiary/aromatic N) is 3. The number of pyridine rings is 1. The van der Waals surface area contributed by atoms with Crippen LogP contribution < -0.4 is 16.4 Å². The van der Waals surface area contributed by atoms with Gasteiger partial charge in [-0.3, -0.25) is 0 Å². The summed E-state index contributed by atoms with van der Waals surface area (Å²) in [6, 6.07) is 3.55. The maximum absolute atomic E-state index is 6.01. The van der Waals surface area contributed by atoms with Crippen molar-refractivity contribution in [3.05, 3.63) is 29.8 Å². The lowest BCUT2D eigenvalue weighted by Gasteiger charge is -2.12. The van der Waals surface area contributed by atoms with Crippen molar-refractivity contribution in [2.45, 2.75) is 0 Å². The third-order valence-electron chi connectivity index (χ3n) is 2.49. The third-order valence-corrected chi connectivity index (χ3v) is 2.80. The number of nitrogens with one attached hydrogen (secondary N) is 2. The summed E-state index contributed by atoms with van der Waals surface area (Å²) in [5.74, 6) is 1.01. The van der Waals surface area contributed by atoms with Gasteiger partial charge < -0.3 is 21.1 Å². The molecule has 2 aromatic rings. The summed E-state index contributed by atoms with van der Waals surface area (Å²) < 4.78 is 4.96. The topological polar surface area (TPSA) is 98.0 Å². The highest BCUT2D eigenvalue weighted by atomic mass is 35.5. The Morgan fingerprint density at radius 2 is 2.10 bits per heavy atom. The Labute approximate surface area is 121 Å². The van der Waals surface area contributed by atoms with E-state index in [1.807, 2.05) is 0 Å². The predicted molar refractivity (Wildman–Crippen MR) is 79.3 cm³/mol. The lowest BCUT2D eigenvalue weighted by molar-refractivity contribution is 0.210. The van der Waals surface area contributed by atoms with Gasteiger partial charge >= 0.3 is 0 Å². The van der Waals surface area contributed by atoms with E-state index in [-0.39, 0.29) is 0 Å². The number of hydrogen-bond acceptors (Lipinski definition) is 7. The van der Waals surface area contributed by atoms with E-state index in [0.29, 0.717) is 41.3 Å². The first-order valence-electron chi connectivity index (χ1n) is 5.93. The van der Waals surface area contributed by atoms with Crippen molar-refractivity contribution < 1.29 is 4.74 Å². The number of nitrogen functional groups attached to an aromatic ring is 1. The standard InChI is InChI=1S/C12H15ClN6O/c1-20-6-5-16-11-9(14)12(18-7-17-11)19-8-3-2-4-15-10(8)13/h2-4,7H,5-6,14H2,1H3,(H2,16,17,18,19). The Bertz CT molecular complexity index is 580. The molecular formula is C12H15ClN6O. The summed E-state index contributed by atoms with van der Waals surface area (Å²) in [5, 5.41) is 6.44. The molecule has 2 rings (SSSR count). The maximum Gasteiger partial charge on any atom is 0.159 e. The summed E-state index contributed by atoms with van der Waals surface area (Å²) in [4.78, 5) is 12.2. The number of rotatable bonds is 6. The zero-order chi connectivity index (χ0) is 14.4. The Morgan fingerprint density at radius 1 is 1.30 bits per heavy atom. The largest absolute Gasteiger partial charge is 0.393 e. The van der Waals surface area contributed by atoms with Crippen LogP contribution in [0.1, 0.15) is 0 Å². The van der Waals surface area contributed by atoms with Crippen LogP contribution in [0.25, 0.3) is 0 Å². The van der Waals surface area contributed by atoms with E-state index in [2.05, 4.69) is 25.6 Å². The molecule has 0 aliphatic carbocycles. The molecule has 106 valence electrons. The fourth-order valence-electron chi connectivity index (χ4n) is 1.51. The predicted octanol–water partition coefficient (Wildman–Crippen LogP) is 1.91. The van der Waals surface area contributed by atoms with Crippen LogP contribution >= 0.6 is 11.6 Å². The normalized spacial score (nSPS) is 10.3. The van der Waals surface area contributed by atoms with E-state index in [1.54, 1.807) is 25.4 Å². The third kappa shape index (κ3) is 3.46. The van der Waals surface area contributed by atoms with Gasteiger partial charge in [-0.25, -0.2) is 15.0 Å². The summed E-state index contributed by atoms with van der Waals surface area (Å²) in [7, 11) is 1.63. The molecule has 2 aromatic heterocycles. The van der Waals surface area contributed by atoms with Crippen LogP contribution in [0.3, 0.4) is 0 Å². The van der Waals surface area contributed by atoms with Gasteiger partial charge in [-0.1, -0.05) is 11.6 Å². The molecule has 4 N–H and O–H groups in total. The molecule has 0 unspecified atom stereocenters. The van der Waals surface area contributed by atoms with Crippen LogP contribution in [0, 0.1) is 0 Å². The second-order valence-corrected chi connectivity index (χ2v) is 4.23. The number of halogens is 1. The van der Waals surface area contributed by atoms with Gasteiger partial charge in [-0.15, -0.1) is 0 Å². The van der Waals surface area contributed by atoms with Gasteiger partial charge in [0.05, 0.1) is 12.3 Å². The van der Waals surface area contributed by atoms with Crippen molar-refractivity contribution in [3.8, 4) is 0 Å². The summed E-state index contributed by atoms with van der Waals surface area (Å²) >= 11 is 5.98. The average Bonchev–Trinajstić information content (AvgIpc) is 2.45. The van der Waals surface area contributed by atoms with Crippen LogP contribution in [0.2, 0.25) is 5.15 Å². The number of ether oxygens (including phenoxy) is 1. The minimum absolute atomic E-state index is 0.347. The molecule has 0 aromatic carbocycles. The quantitative estimate of drug-likeness (QED) is 0.553. The van der Waals surface area contributed by atoms with Crippen LogP contribution in [-0.2, 0) is 4.74 Å². The van der Waals surface area contributed by atoms with Crippen molar-refractivity contribution in [1.29, 1.82) is 0 Å². The lowest BCUT2D eigenvalue weighted by atomic mass is 10.3. The van der Waals surface area contributed by atoms with Gasteiger partial charge in [0, 0.05) is 19.9 Å². The molecule has 0 aliphatic heterocycles. The van der Waals surface area contributed by atoms with Gasteiger partial charge in [-0.05, 0) is 12.1 Å². The molecule has 0 amide bonds. The highest BCUT2D eigenvalue weighted by Gasteiger charge is 2.09. The summed E-state index contributed by atoms with van der Waals surface area (Å²) in [6.07, 6.45) is 3.02. The SMILES string of the molecule is COCCNc1ncnc(Nc2cccnc2Cl)c1N. The molecule has 0 radical (unpaired) electrons. The number of hydrogen-bond donors (Lipinski definition) is 3. The second kappa shape index (κ2) is 6.88. The Morgan fingerprint density at radius 3 is 2.85 bits per heavy atom. The van der Waals surface area contributed by atoms with Gasteiger partial charge in [0.25, 0.3) is 0 Å². The minimum Gasteiger partial charge on any atom is -0.393 e. The van der Waals surface area contributed by atoms with Crippen molar-refractivity contribution in [3.63, 3.8) is 0 Å². The van der Waals surface area contributed by atoms with Crippen LogP contribution in [0.4, 0.5) is 23.0 Å². The highest BCUT2D eigenvalue weighted by molar-refractivity contribution is 6.32. The number of nitrogens with two attached hydrogens (primary N) is 1. The molecule has 0 saturated carbocycles. The van der Waals surface area contributed by atoms with Gasteiger partial charge in [-0.2, -0.15) is 0 Å². The first-order valence-corrected chi connectivity index (χ1v) is 6.31. The molecule has 7 nitrogen and oxygen atoms in total.